The minimum absolute atomic E-state index is 0. The highest BCUT2D eigenvalue weighted by Crippen LogP contribution is 2.28. The maximum absolute atomic E-state index is 12.1. The fraction of sp³-hybridized carbons (Fsp3) is 0.294. The highest BCUT2D eigenvalue weighted by Gasteiger charge is 2.19. The molecule has 0 bridgehead atoms. The quantitative estimate of drug-likeness (QED) is 0.476. The summed E-state index contributed by atoms with van der Waals surface area (Å²) >= 11 is 1.50. The van der Waals surface area contributed by atoms with Crippen LogP contribution in [0.4, 0.5) is 10.8 Å². The number of likely N-dealkylation sites (N-methyl/N-ethyl adjacent to an activating group) is 1. The molecule has 0 spiro atoms. The summed E-state index contributed by atoms with van der Waals surface area (Å²) in [5.74, 6) is -0.301. The number of nitro groups is 1. The molecule has 0 aliphatic carbocycles. The summed E-state index contributed by atoms with van der Waals surface area (Å²) in [6.07, 6.45) is 3.81. The summed E-state index contributed by atoms with van der Waals surface area (Å²) < 4.78 is 0. The number of carbonyl (C=O) groups is 1. The van der Waals surface area contributed by atoms with Gasteiger partial charge < -0.3 is 0 Å². The third kappa shape index (κ3) is 4.87. The summed E-state index contributed by atoms with van der Waals surface area (Å²) in [7, 11) is 0. The predicted molar refractivity (Wildman–Crippen MR) is 105 cm³/mol. The number of amides is 1. The van der Waals surface area contributed by atoms with Crippen LogP contribution >= 0.6 is 23.7 Å². The van der Waals surface area contributed by atoms with Crippen LogP contribution in [0.15, 0.2) is 30.3 Å². The van der Waals surface area contributed by atoms with Crippen LogP contribution in [0.2, 0.25) is 0 Å². The molecule has 1 amide bonds. The Morgan fingerprint density at radius 1 is 1.50 bits per heavy atom. The van der Waals surface area contributed by atoms with Gasteiger partial charge in [0.2, 0.25) is 5.91 Å². The number of aromatic nitrogens is 1. The molecule has 3 rings (SSSR count). The molecule has 2 aromatic rings. The summed E-state index contributed by atoms with van der Waals surface area (Å²) in [5.41, 5.74) is 1.66. The molecule has 1 N–H and O–H groups in total. The average molecular weight is 395 g/mol. The van der Waals surface area contributed by atoms with Crippen LogP contribution in [0, 0.1) is 10.1 Å². The van der Waals surface area contributed by atoms with Crippen LogP contribution in [-0.2, 0) is 17.8 Å². The van der Waals surface area contributed by atoms with E-state index < -0.39 is 4.92 Å². The van der Waals surface area contributed by atoms with Gasteiger partial charge in [-0.3, -0.25) is 25.1 Å². The molecule has 0 unspecified atom stereocenters. The van der Waals surface area contributed by atoms with Crippen molar-refractivity contribution in [2.24, 2.45) is 0 Å². The third-order valence-corrected chi connectivity index (χ3v) is 4.99. The first-order valence-corrected chi connectivity index (χ1v) is 8.81. The van der Waals surface area contributed by atoms with E-state index >= 15 is 0 Å². The number of hydrogen-bond acceptors (Lipinski definition) is 6. The second-order valence-electron chi connectivity index (χ2n) is 5.68. The first-order chi connectivity index (χ1) is 12.0. The average Bonchev–Trinajstić information content (AvgIpc) is 3.01. The molecule has 0 saturated carbocycles. The third-order valence-electron chi connectivity index (χ3n) is 4.00. The number of hydrogen-bond donors (Lipinski definition) is 1. The number of nitro benzene ring substituents is 1. The molecular weight excluding hydrogens is 376 g/mol. The van der Waals surface area contributed by atoms with Crippen LogP contribution in [-0.4, -0.2) is 33.8 Å². The number of rotatable bonds is 5. The predicted octanol–water partition coefficient (Wildman–Crippen LogP) is 3.50. The SMILES string of the molecule is CCN1CCc2nc(NC(=O)/C=C/c3cccc([N+](=O)[O-])c3)sc2C1.Cl. The van der Waals surface area contributed by atoms with Crippen LogP contribution in [0.3, 0.4) is 0 Å². The summed E-state index contributed by atoms with van der Waals surface area (Å²) in [6.45, 7) is 5.01. The van der Waals surface area contributed by atoms with E-state index in [4.69, 9.17) is 0 Å². The molecular formula is C17H19ClN4O3S. The molecule has 1 aromatic carbocycles. The van der Waals surface area contributed by atoms with Crippen molar-refractivity contribution < 1.29 is 9.72 Å². The van der Waals surface area contributed by atoms with Gasteiger partial charge in [0.05, 0.1) is 10.6 Å². The lowest BCUT2D eigenvalue weighted by Gasteiger charge is -2.23. The molecule has 26 heavy (non-hydrogen) atoms. The summed E-state index contributed by atoms with van der Waals surface area (Å²) in [6, 6.07) is 6.13. The fourth-order valence-corrected chi connectivity index (χ4v) is 3.69. The Balaban J connectivity index is 0.00000243. The maximum atomic E-state index is 12.1. The van der Waals surface area contributed by atoms with Gasteiger partial charge in [0.25, 0.3) is 5.69 Å². The fourth-order valence-electron chi connectivity index (χ4n) is 2.63. The summed E-state index contributed by atoms with van der Waals surface area (Å²) in [5, 5.41) is 14.1. The second-order valence-corrected chi connectivity index (χ2v) is 6.77. The monoisotopic (exact) mass is 394 g/mol. The van der Waals surface area contributed by atoms with E-state index in [9.17, 15) is 14.9 Å². The Hall–Kier alpha value is -2.29. The number of halogens is 1. The molecule has 1 aromatic heterocycles. The van der Waals surface area contributed by atoms with E-state index in [0.717, 1.165) is 31.7 Å². The van der Waals surface area contributed by atoms with E-state index in [2.05, 4.69) is 22.1 Å². The smallest absolute Gasteiger partial charge is 0.270 e. The van der Waals surface area contributed by atoms with Gasteiger partial charge in [-0.2, -0.15) is 0 Å². The lowest BCUT2D eigenvalue weighted by Crippen LogP contribution is -2.29. The van der Waals surface area contributed by atoms with Crippen molar-refractivity contribution in [3.8, 4) is 0 Å². The number of thiazole rings is 1. The van der Waals surface area contributed by atoms with Crippen molar-refractivity contribution in [1.29, 1.82) is 0 Å². The molecule has 0 saturated heterocycles. The van der Waals surface area contributed by atoms with Crippen LogP contribution in [0.25, 0.3) is 6.08 Å². The van der Waals surface area contributed by atoms with Gasteiger partial charge in [0.15, 0.2) is 5.13 Å². The van der Waals surface area contributed by atoms with E-state index in [1.807, 2.05) is 0 Å². The molecule has 0 fully saturated rings. The minimum Gasteiger partial charge on any atom is -0.298 e. The number of nitrogens with one attached hydrogen (secondary N) is 1. The van der Waals surface area contributed by atoms with Crippen molar-refractivity contribution >= 4 is 46.5 Å². The zero-order valence-electron chi connectivity index (χ0n) is 14.2. The van der Waals surface area contributed by atoms with E-state index in [1.165, 1.54) is 34.4 Å². The van der Waals surface area contributed by atoms with Gasteiger partial charge in [-0.15, -0.1) is 23.7 Å². The normalized spacial score (nSPS) is 13.9. The van der Waals surface area contributed by atoms with Crippen molar-refractivity contribution in [1.82, 2.24) is 9.88 Å². The zero-order valence-corrected chi connectivity index (χ0v) is 15.8. The van der Waals surface area contributed by atoms with Crippen LogP contribution in [0.5, 0.6) is 0 Å². The van der Waals surface area contributed by atoms with Crippen molar-refractivity contribution in [2.75, 3.05) is 18.4 Å². The molecule has 138 valence electrons. The first-order valence-electron chi connectivity index (χ1n) is 7.99. The minimum atomic E-state index is -0.461. The van der Waals surface area contributed by atoms with E-state index in [1.54, 1.807) is 18.2 Å². The number of carbonyl (C=O) groups excluding carboxylic acids is 1. The van der Waals surface area contributed by atoms with Gasteiger partial charge in [0, 0.05) is 42.6 Å². The van der Waals surface area contributed by atoms with Gasteiger partial charge in [-0.25, -0.2) is 4.98 Å². The molecule has 1 aliphatic heterocycles. The molecule has 7 nitrogen and oxygen atoms in total. The standard InChI is InChI=1S/C17H18N4O3S.ClH/c1-2-20-9-8-14-15(11-20)25-17(18-14)19-16(22)7-6-12-4-3-5-13(10-12)21(23)24;/h3-7,10H,2,8-9,11H2,1H3,(H,18,19,22);1H/b7-6+;. The Labute approximate surface area is 161 Å². The van der Waals surface area contributed by atoms with E-state index in [0.29, 0.717) is 10.7 Å². The lowest BCUT2D eigenvalue weighted by molar-refractivity contribution is -0.384. The number of benzene rings is 1. The van der Waals surface area contributed by atoms with Gasteiger partial charge in [0.1, 0.15) is 0 Å². The summed E-state index contributed by atoms with van der Waals surface area (Å²) in [4.78, 5) is 30.4. The van der Waals surface area contributed by atoms with Gasteiger partial charge >= 0.3 is 0 Å². The topological polar surface area (TPSA) is 88.4 Å². The molecule has 1 aliphatic rings. The van der Waals surface area contributed by atoms with Crippen LogP contribution in [0.1, 0.15) is 23.1 Å². The number of fused-ring (bicyclic) bond motifs is 1. The number of nitrogens with zero attached hydrogens (tertiary/aromatic N) is 3. The zero-order chi connectivity index (χ0) is 17.8. The van der Waals surface area contributed by atoms with E-state index in [-0.39, 0.29) is 24.0 Å². The number of non-ortho nitro benzene ring substituents is 1. The van der Waals surface area contributed by atoms with Crippen molar-refractivity contribution in [2.45, 2.75) is 19.9 Å². The highest BCUT2D eigenvalue weighted by atomic mass is 35.5. The molecule has 0 atom stereocenters. The first kappa shape index (κ1) is 20.0. The Kier molecular flexibility index (Phi) is 6.84. The van der Waals surface area contributed by atoms with Crippen molar-refractivity contribution in [3.63, 3.8) is 0 Å². The van der Waals surface area contributed by atoms with Crippen molar-refractivity contribution in [3.05, 3.63) is 56.6 Å². The Morgan fingerprint density at radius 3 is 3.04 bits per heavy atom. The maximum Gasteiger partial charge on any atom is 0.270 e. The Morgan fingerprint density at radius 2 is 2.31 bits per heavy atom. The van der Waals surface area contributed by atoms with Gasteiger partial charge in [-0.05, 0) is 18.2 Å². The van der Waals surface area contributed by atoms with Crippen LogP contribution < -0.4 is 5.32 Å². The van der Waals surface area contributed by atoms with Gasteiger partial charge in [-0.1, -0.05) is 19.1 Å². The molecule has 9 heteroatoms. The highest BCUT2D eigenvalue weighted by molar-refractivity contribution is 7.15. The lowest BCUT2D eigenvalue weighted by atomic mass is 10.2. The number of anilines is 1. The molecule has 2 heterocycles. The second kappa shape index (κ2) is 8.88. The Bertz CT molecular complexity index is 837. The largest absolute Gasteiger partial charge is 0.298 e. The molecule has 0 radical (unpaired) electrons.